The van der Waals surface area contributed by atoms with Crippen molar-refractivity contribution in [2.75, 3.05) is 11.1 Å². The van der Waals surface area contributed by atoms with Crippen molar-refractivity contribution in [2.45, 2.75) is 18.7 Å². The third-order valence-electron chi connectivity index (χ3n) is 3.65. The number of benzene rings is 2. The molecule has 28 heavy (non-hydrogen) atoms. The van der Waals surface area contributed by atoms with Gasteiger partial charge in [0, 0.05) is 17.3 Å². The Morgan fingerprint density at radius 1 is 1.29 bits per heavy atom. The number of nitrogens with one attached hydrogen (secondary N) is 2. The van der Waals surface area contributed by atoms with Gasteiger partial charge in [-0.25, -0.2) is 4.98 Å². The van der Waals surface area contributed by atoms with Gasteiger partial charge in [0.2, 0.25) is 11.1 Å². The molecule has 0 aliphatic rings. The van der Waals surface area contributed by atoms with Crippen LogP contribution < -0.4 is 10.1 Å². The number of carbonyl (C=O) groups is 1. The quantitative estimate of drug-likeness (QED) is 0.338. The van der Waals surface area contributed by atoms with E-state index in [9.17, 15) is 14.9 Å². The molecular formula is C18H17N5O4S. The summed E-state index contributed by atoms with van der Waals surface area (Å²) in [4.78, 5) is 26.8. The second-order valence-corrected chi connectivity index (χ2v) is 6.70. The van der Waals surface area contributed by atoms with Gasteiger partial charge in [0.15, 0.2) is 5.82 Å². The van der Waals surface area contributed by atoms with Crippen molar-refractivity contribution in [3.63, 3.8) is 0 Å². The fourth-order valence-corrected chi connectivity index (χ4v) is 2.90. The maximum Gasteiger partial charge on any atom is 0.274 e. The summed E-state index contributed by atoms with van der Waals surface area (Å²) in [5.74, 6) is 1.02. The average molecular weight is 399 g/mol. The van der Waals surface area contributed by atoms with Gasteiger partial charge in [-0.3, -0.25) is 20.0 Å². The summed E-state index contributed by atoms with van der Waals surface area (Å²) < 4.78 is 5.57. The Bertz CT molecular complexity index is 977. The molecule has 1 heterocycles. The van der Waals surface area contributed by atoms with Crippen molar-refractivity contribution >= 4 is 29.0 Å². The Hall–Kier alpha value is -3.40. The van der Waals surface area contributed by atoms with E-state index in [2.05, 4.69) is 20.5 Å². The molecule has 2 N–H and O–H groups in total. The lowest BCUT2D eigenvalue weighted by atomic mass is 10.2. The fraction of sp³-hybridized carbons (Fsp3) is 0.167. The highest BCUT2D eigenvalue weighted by molar-refractivity contribution is 7.99. The van der Waals surface area contributed by atoms with Crippen molar-refractivity contribution in [1.29, 1.82) is 0 Å². The highest BCUT2D eigenvalue weighted by atomic mass is 32.2. The van der Waals surface area contributed by atoms with Gasteiger partial charge in [-0.2, -0.15) is 0 Å². The third kappa shape index (κ3) is 5.30. The summed E-state index contributed by atoms with van der Waals surface area (Å²) >= 11 is 1.15. The Labute approximate surface area is 164 Å². The smallest absolute Gasteiger partial charge is 0.274 e. The molecule has 0 aliphatic carbocycles. The minimum absolute atomic E-state index is 0.0394. The Kier molecular flexibility index (Phi) is 6.22. The number of amides is 1. The number of aryl methyl sites for hydroxylation is 1. The molecule has 0 radical (unpaired) electrons. The van der Waals surface area contributed by atoms with Crippen LogP contribution in [-0.4, -0.2) is 31.8 Å². The van der Waals surface area contributed by atoms with E-state index in [0.29, 0.717) is 22.2 Å². The van der Waals surface area contributed by atoms with Gasteiger partial charge < -0.3 is 10.1 Å². The van der Waals surface area contributed by atoms with Gasteiger partial charge in [0.05, 0.1) is 10.7 Å². The largest absolute Gasteiger partial charge is 0.486 e. The first-order chi connectivity index (χ1) is 13.5. The van der Waals surface area contributed by atoms with Crippen LogP contribution in [0.3, 0.4) is 0 Å². The van der Waals surface area contributed by atoms with Crippen LogP contribution in [0.4, 0.5) is 11.4 Å². The molecule has 0 saturated heterocycles. The first kappa shape index (κ1) is 19.4. The second kappa shape index (κ2) is 9.00. The summed E-state index contributed by atoms with van der Waals surface area (Å²) in [5, 5.41) is 20.8. The Morgan fingerprint density at radius 2 is 2.07 bits per heavy atom. The van der Waals surface area contributed by atoms with Crippen LogP contribution in [0, 0.1) is 17.0 Å². The summed E-state index contributed by atoms with van der Waals surface area (Å²) in [5.41, 5.74) is 0.862. The van der Waals surface area contributed by atoms with E-state index in [1.165, 1.54) is 6.07 Å². The number of para-hydroxylation sites is 1. The van der Waals surface area contributed by atoms with Gasteiger partial charge in [-0.15, -0.1) is 5.10 Å². The highest BCUT2D eigenvalue weighted by Crippen LogP contribution is 2.22. The Balaban J connectivity index is 1.49. The predicted octanol–water partition coefficient (Wildman–Crippen LogP) is 3.33. The molecule has 2 aromatic carbocycles. The van der Waals surface area contributed by atoms with E-state index in [1.807, 2.05) is 30.3 Å². The second-order valence-electron chi connectivity index (χ2n) is 5.76. The van der Waals surface area contributed by atoms with E-state index >= 15 is 0 Å². The van der Waals surface area contributed by atoms with Crippen molar-refractivity contribution in [1.82, 2.24) is 15.2 Å². The van der Waals surface area contributed by atoms with Gasteiger partial charge in [0.25, 0.3) is 5.69 Å². The molecule has 0 bridgehead atoms. The molecule has 0 unspecified atom stereocenters. The Morgan fingerprint density at radius 3 is 2.82 bits per heavy atom. The number of nitro benzene ring substituents is 1. The first-order valence-electron chi connectivity index (χ1n) is 8.28. The van der Waals surface area contributed by atoms with Crippen LogP contribution in [-0.2, 0) is 11.4 Å². The lowest BCUT2D eigenvalue weighted by Crippen LogP contribution is -2.14. The number of carbonyl (C=O) groups excluding carboxylic acids is 1. The standard InChI is InChI=1S/C18H17N5O4S/c1-12-7-8-13(9-15(12)23(25)26)19-17(24)11-28-18-20-16(21-22-18)10-27-14-5-3-2-4-6-14/h2-9H,10-11H2,1H3,(H,19,24)(H,20,21,22). The van der Waals surface area contributed by atoms with Gasteiger partial charge in [0.1, 0.15) is 12.4 Å². The number of hydrogen-bond acceptors (Lipinski definition) is 7. The number of anilines is 1. The number of rotatable bonds is 8. The topological polar surface area (TPSA) is 123 Å². The zero-order valence-electron chi connectivity index (χ0n) is 14.9. The van der Waals surface area contributed by atoms with Crippen LogP contribution in [0.25, 0.3) is 0 Å². The van der Waals surface area contributed by atoms with Crippen LogP contribution in [0.1, 0.15) is 11.4 Å². The number of ether oxygens (including phenoxy) is 1. The van der Waals surface area contributed by atoms with Crippen molar-refractivity contribution in [2.24, 2.45) is 0 Å². The maximum atomic E-state index is 12.1. The van der Waals surface area contributed by atoms with Crippen LogP contribution >= 0.6 is 11.8 Å². The minimum atomic E-state index is -0.480. The molecule has 9 nitrogen and oxygen atoms in total. The minimum Gasteiger partial charge on any atom is -0.486 e. The third-order valence-corrected chi connectivity index (χ3v) is 4.50. The normalized spacial score (nSPS) is 10.5. The van der Waals surface area contributed by atoms with E-state index in [-0.39, 0.29) is 24.0 Å². The number of hydrogen-bond donors (Lipinski definition) is 2. The molecule has 3 rings (SSSR count). The lowest BCUT2D eigenvalue weighted by Gasteiger charge is -2.05. The number of thioether (sulfide) groups is 1. The van der Waals surface area contributed by atoms with Gasteiger partial charge >= 0.3 is 0 Å². The van der Waals surface area contributed by atoms with Crippen LogP contribution in [0.5, 0.6) is 5.75 Å². The van der Waals surface area contributed by atoms with Gasteiger partial charge in [-0.05, 0) is 25.1 Å². The molecule has 10 heteroatoms. The van der Waals surface area contributed by atoms with Crippen molar-refractivity contribution in [3.8, 4) is 5.75 Å². The zero-order valence-corrected chi connectivity index (χ0v) is 15.7. The van der Waals surface area contributed by atoms with Crippen LogP contribution in [0.15, 0.2) is 53.7 Å². The summed E-state index contributed by atoms with van der Waals surface area (Å²) in [6, 6.07) is 13.9. The van der Waals surface area contributed by atoms with E-state index in [1.54, 1.807) is 19.1 Å². The number of H-pyrrole nitrogens is 1. The molecule has 0 saturated carbocycles. The number of nitro groups is 1. The summed E-state index contributed by atoms with van der Waals surface area (Å²) in [6.45, 7) is 1.87. The van der Waals surface area contributed by atoms with E-state index in [0.717, 1.165) is 17.5 Å². The molecule has 144 valence electrons. The van der Waals surface area contributed by atoms with E-state index in [4.69, 9.17) is 4.74 Å². The average Bonchev–Trinajstić information content (AvgIpc) is 3.15. The first-order valence-corrected chi connectivity index (χ1v) is 9.26. The van der Waals surface area contributed by atoms with Crippen molar-refractivity contribution in [3.05, 3.63) is 70.0 Å². The van der Waals surface area contributed by atoms with Crippen molar-refractivity contribution < 1.29 is 14.5 Å². The number of aromatic nitrogens is 3. The maximum absolute atomic E-state index is 12.1. The molecule has 1 aromatic heterocycles. The molecule has 0 aliphatic heterocycles. The summed E-state index contributed by atoms with van der Waals surface area (Å²) in [7, 11) is 0. The summed E-state index contributed by atoms with van der Waals surface area (Å²) in [6.07, 6.45) is 0. The monoisotopic (exact) mass is 399 g/mol. The molecular weight excluding hydrogens is 382 g/mol. The van der Waals surface area contributed by atoms with Gasteiger partial charge in [-0.1, -0.05) is 36.0 Å². The molecule has 1 amide bonds. The molecule has 0 fully saturated rings. The number of aromatic amines is 1. The zero-order chi connectivity index (χ0) is 19.9. The van der Waals surface area contributed by atoms with Crippen LogP contribution in [0.2, 0.25) is 0 Å². The number of nitrogens with zero attached hydrogens (tertiary/aromatic N) is 3. The highest BCUT2D eigenvalue weighted by Gasteiger charge is 2.13. The fourth-order valence-electron chi connectivity index (χ4n) is 2.29. The molecule has 0 spiro atoms. The molecule has 0 atom stereocenters. The predicted molar refractivity (Wildman–Crippen MR) is 104 cm³/mol. The molecule has 3 aromatic rings. The SMILES string of the molecule is Cc1ccc(NC(=O)CSc2n[nH]c(COc3ccccc3)n2)cc1[N+](=O)[O-]. The lowest BCUT2D eigenvalue weighted by molar-refractivity contribution is -0.385. The van der Waals surface area contributed by atoms with E-state index < -0.39 is 4.92 Å².